The number of halogens is 1. The molecule has 5 rings (SSSR count). The fourth-order valence-corrected chi connectivity index (χ4v) is 6.00. The van der Waals surface area contributed by atoms with E-state index in [-0.39, 0.29) is 12.5 Å². The highest BCUT2D eigenvalue weighted by atomic mass is 19.1. The highest BCUT2D eigenvalue weighted by molar-refractivity contribution is 5.64. The molecule has 5 heterocycles. The molecule has 2 atom stereocenters. The molecule has 2 aliphatic heterocycles. The summed E-state index contributed by atoms with van der Waals surface area (Å²) in [5, 5.41) is 19.1. The van der Waals surface area contributed by atoms with Crippen molar-refractivity contribution in [1.82, 2.24) is 29.4 Å². The van der Waals surface area contributed by atoms with Crippen molar-refractivity contribution in [3.8, 4) is 22.8 Å². The number of aryl methyl sites for hydroxylation is 1. The van der Waals surface area contributed by atoms with Crippen LogP contribution in [0.15, 0.2) is 24.7 Å². The molecule has 1 saturated heterocycles. The van der Waals surface area contributed by atoms with Crippen molar-refractivity contribution in [1.29, 1.82) is 0 Å². The zero-order valence-electron chi connectivity index (χ0n) is 23.2. The number of nitrogens with zero attached hydrogens (tertiary/aromatic N) is 6. The number of aliphatic hydroxyl groups excluding tert-OH is 1. The van der Waals surface area contributed by atoms with Gasteiger partial charge in [-0.3, -0.25) is 9.58 Å². The molecule has 1 fully saturated rings. The van der Waals surface area contributed by atoms with Crippen LogP contribution < -0.4 is 4.74 Å². The lowest BCUT2D eigenvalue weighted by Gasteiger charge is -2.24. The van der Waals surface area contributed by atoms with Gasteiger partial charge in [-0.25, -0.2) is 14.1 Å². The molecule has 0 saturated carbocycles. The topological polar surface area (TPSA) is 90.5 Å². The molecule has 3 aromatic heterocycles. The first-order valence-electron chi connectivity index (χ1n) is 14.4. The Morgan fingerprint density at radius 2 is 2.08 bits per heavy atom. The normalized spacial score (nSPS) is 18.7. The third-order valence-corrected chi connectivity index (χ3v) is 8.22. The Morgan fingerprint density at radius 1 is 1.21 bits per heavy atom. The molecule has 212 valence electrons. The number of pyridine rings is 1. The average Bonchev–Trinajstić information content (AvgIpc) is 3.65. The van der Waals surface area contributed by atoms with Crippen LogP contribution in [-0.4, -0.2) is 80.6 Å². The Hall–Kier alpha value is -2.82. The fourth-order valence-electron chi connectivity index (χ4n) is 6.00. The number of likely N-dealkylation sites (tertiary alicyclic amines) is 1. The van der Waals surface area contributed by atoms with Crippen molar-refractivity contribution in [2.75, 3.05) is 40.0 Å². The summed E-state index contributed by atoms with van der Waals surface area (Å²) in [7, 11) is 1.41. The van der Waals surface area contributed by atoms with Gasteiger partial charge in [-0.2, -0.15) is 10.2 Å². The van der Waals surface area contributed by atoms with Crippen molar-refractivity contribution >= 4 is 0 Å². The molecule has 0 aliphatic carbocycles. The van der Waals surface area contributed by atoms with Crippen molar-refractivity contribution in [3.63, 3.8) is 0 Å². The predicted octanol–water partition coefficient (Wildman–Crippen LogP) is 4.05. The van der Waals surface area contributed by atoms with Crippen molar-refractivity contribution in [2.24, 2.45) is 5.92 Å². The third kappa shape index (κ3) is 6.34. The van der Waals surface area contributed by atoms with E-state index in [9.17, 15) is 9.50 Å². The summed E-state index contributed by atoms with van der Waals surface area (Å²) in [5.74, 6) is 0.212. The standard InChI is InChI=1S/C29H41FN6O3/c1-3-23(20-37)34-12-8-21(18-34)7-5-4-6-11-35-19-22(16-32-35)28-25-9-13-39-14-10-27(25)36(33-28)24-15-26(30)29(38-2)31-17-24/h15-17,19,21,23,37H,3-14,18,20H2,1-2H3. The molecule has 0 bridgehead atoms. The minimum Gasteiger partial charge on any atom is -0.479 e. The summed E-state index contributed by atoms with van der Waals surface area (Å²) < 4.78 is 29.0. The summed E-state index contributed by atoms with van der Waals surface area (Å²) in [6.07, 6.45) is 14.0. The van der Waals surface area contributed by atoms with Crippen LogP contribution in [0.2, 0.25) is 0 Å². The maximum Gasteiger partial charge on any atom is 0.250 e. The van der Waals surface area contributed by atoms with Gasteiger partial charge in [-0.15, -0.1) is 0 Å². The monoisotopic (exact) mass is 540 g/mol. The first-order chi connectivity index (χ1) is 19.1. The second-order valence-corrected chi connectivity index (χ2v) is 10.7. The van der Waals surface area contributed by atoms with Gasteiger partial charge >= 0.3 is 0 Å². The molecule has 39 heavy (non-hydrogen) atoms. The lowest BCUT2D eigenvalue weighted by molar-refractivity contribution is 0.138. The van der Waals surface area contributed by atoms with Gasteiger partial charge in [0.25, 0.3) is 0 Å². The number of aliphatic hydroxyl groups is 1. The molecule has 2 aliphatic rings. The number of fused-ring (bicyclic) bond motifs is 1. The molecule has 10 heteroatoms. The maximum atomic E-state index is 14.4. The lowest BCUT2D eigenvalue weighted by atomic mass is 10.0. The second kappa shape index (κ2) is 13.0. The van der Waals surface area contributed by atoms with Gasteiger partial charge in [0.2, 0.25) is 5.88 Å². The van der Waals surface area contributed by atoms with Crippen LogP contribution in [0.4, 0.5) is 4.39 Å². The quantitative estimate of drug-likeness (QED) is 0.347. The number of ether oxygens (including phenoxy) is 2. The van der Waals surface area contributed by atoms with Gasteiger partial charge in [0, 0.05) is 48.9 Å². The number of rotatable bonds is 12. The first-order valence-corrected chi connectivity index (χ1v) is 14.4. The van der Waals surface area contributed by atoms with E-state index < -0.39 is 5.82 Å². The molecule has 0 radical (unpaired) electrons. The summed E-state index contributed by atoms with van der Waals surface area (Å²) in [4.78, 5) is 6.57. The van der Waals surface area contributed by atoms with E-state index in [0.717, 1.165) is 67.3 Å². The van der Waals surface area contributed by atoms with E-state index in [1.165, 1.54) is 38.9 Å². The van der Waals surface area contributed by atoms with Gasteiger partial charge in [-0.1, -0.05) is 19.8 Å². The summed E-state index contributed by atoms with van der Waals surface area (Å²) in [6, 6.07) is 1.74. The second-order valence-electron chi connectivity index (χ2n) is 10.7. The lowest BCUT2D eigenvalue weighted by Crippen LogP contribution is -2.35. The zero-order valence-corrected chi connectivity index (χ0v) is 23.2. The van der Waals surface area contributed by atoms with Gasteiger partial charge in [0.05, 0.1) is 56.4 Å². The van der Waals surface area contributed by atoms with E-state index in [0.29, 0.717) is 31.4 Å². The molecular formula is C29H41FN6O3. The Kier molecular flexibility index (Phi) is 9.26. The van der Waals surface area contributed by atoms with Crippen molar-refractivity contribution < 1.29 is 19.0 Å². The molecular weight excluding hydrogens is 499 g/mol. The molecule has 1 N–H and O–H groups in total. The molecule has 2 unspecified atom stereocenters. The van der Waals surface area contributed by atoms with Gasteiger partial charge in [-0.05, 0) is 44.6 Å². The van der Waals surface area contributed by atoms with Crippen molar-refractivity contribution in [2.45, 2.75) is 70.9 Å². The van der Waals surface area contributed by atoms with E-state index in [1.807, 2.05) is 10.9 Å². The van der Waals surface area contributed by atoms with Crippen LogP contribution in [0.3, 0.4) is 0 Å². The summed E-state index contributed by atoms with van der Waals surface area (Å²) >= 11 is 0. The molecule has 3 aromatic rings. The van der Waals surface area contributed by atoms with Crippen LogP contribution in [0.1, 0.15) is 56.7 Å². The molecule has 9 nitrogen and oxygen atoms in total. The first kappa shape index (κ1) is 27.7. The Labute approximate surface area is 229 Å². The minimum absolute atomic E-state index is 0.0288. The third-order valence-electron chi connectivity index (χ3n) is 8.22. The molecule has 0 spiro atoms. The largest absolute Gasteiger partial charge is 0.479 e. The van der Waals surface area contributed by atoms with E-state index in [1.54, 1.807) is 10.9 Å². The number of aromatic nitrogens is 5. The number of unbranched alkanes of at least 4 members (excludes halogenated alkanes) is 2. The molecule has 0 amide bonds. The number of hydrogen-bond donors (Lipinski definition) is 1. The van der Waals surface area contributed by atoms with Crippen LogP contribution >= 0.6 is 0 Å². The Bertz CT molecular complexity index is 1220. The number of hydrogen-bond acceptors (Lipinski definition) is 7. The summed E-state index contributed by atoms with van der Waals surface area (Å²) in [6.45, 7) is 6.78. The Balaban J connectivity index is 1.20. The maximum absolute atomic E-state index is 14.4. The highest BCUT2D eigenvalue weighted by Gasteiger charge is 2.27. The van der Waals surface area contributed by atoms with Crippen LogP contribution in [-0.2, 0) is 24.1 Å². The smallest absolute Gasteiger partial charge is 0.250 e. The van der Waals surface area contributed by atoms with Gasteiger partial charge in [0.15, 0.2) is 5.82 Å². The Morgan fingerprint density at radius 3 is 2.87 bits per heavy atom. The van der Waals surface area contributed by atoms with Crippen molar-refractivity contribution in [3.05, 3.63) is 41.7 Å². The molecule has 0 aromatic carbocycles. The fraction of sp³-hybridized carbons (Fsp3) is 0.621. The van der Waals surface area contributed by atoms with E-state index in [2.05, 4.69) is 28.1 Å². The summed E-state index contributed by atoms with van der Waals surface area (Å²) in [5.41, 5.74) is 4.56. The zero-order chi connectivity index (χ0) is 27.2. The van der Waals surface area contributed by atoms with Crippen LogP contribution in [0.25, 0.3) is 16.9 Å². The SMILES string of the molecule is CCC(CO)N1CCC(CCCCCn2cc(-c3nn(-c4cnc(OC)c(F)c4)c4c3CCOCC4)cn2)C1. The van der Waals surface area contributed by atoms with Gasteiger partial charge < -0.3 is 14.6 Å². The highest BCUT2D eigenvalue weighted by Crippen LogP contribution is 2.31. The number of methoxy groups -OCH3 is 1. The predicted molar refractivity (Wildman–Crippen MR) is 147 cm³/mol. The van der Waals surface area contributed by atoms with Gasteiger partial charge in [0.1, 0.15) is 0 Å². The van der Waals surface area contributed by atoms with Crippen LogP contribution in [0, 0.1) is 11.7 Å². The van der Waals surface area contributed by atoms with E-state index in [4.69, 9.17) is 14.6 Å². The average molecular weight is 541 g/mol. The minimum atomic E-state index is -0.515. The van der Waals surface area contributed by atoms with Crippen LogP contribution in [0.5, 0.6) is 5.88 Å². The van der Waals surface area contributed by atoms with E-state index >= 15 is 0 Å².